The molecule has 0 aliphatic rings. The van der Waals surface area contributed by atoms with Gasteiger partial charge < -0.3 is 0 Å². The minimum Gasteiger partial charge on any atom is -0.298 e. The lowest BCUT2D eigenvalue weighted by atomic mass is 10.1. The Morgan fingerprint density at radius 1 is 1.31 bits per heavy atom. The van der Waals surface area contributed by atoms with Crippen molar-refractivity contribution in [1.29, 1.82) is 0 Å². The number of carbonyl (C=O) groups is 1. The first-order valence-corrected chi connectivity index (χ1v) is 5.04. The van der Waals surface area contributed by atoms with Gasteiger partial charge in [0, 0.05) is 5.56 Å². The van der Waals surface area contributed by atoms with E-state index in [1.54, 1.807) is 17.0 Å². The molecule has 0 N–H and O–H groups in total. The molecule has 0 atom stereocenters. The molecule has 0 aliphatic carbocycles. The van der Waals surface area contributed by atoms with Gasteiger partial charge in [-0.25, -0.2) is 0 Å². The number of hydrogen-bond acceptors (Lipinski definition) is 2. The number of hydrogen-bond donors (Lipinski definition) is 0. The summed E-state index contributed by atoms with van der Waals surface area (Å²) in [6.07, 6.45) is 4.17. The zero-order valence-corrected chi connectivity index (χ0v) is 8.84. The number of allylic oxidation sites excluding steroid dienone is 1. The van der Waals surface area contributed by atoms with Crippen molar-refractivity contribution in [3.05, 3.63) is 54.7 Å². The van der Waals surface area contributed by atoms with Crippen molar-refractivity contribution in [2.24, 2.45) is 0 Å². The molecule has 0 bridgehead atoms. The van der Waals surface area contributed by atoms with Gasteiger partial charge in [-0.1, -0.05) is 36.4 Å². The molecule has 0 spiro atoms. The standard InChI is InChI=1S/C13H12N2O/c1-2-8-15-13(12(10-16)9-14-15)11-6-4-3-5-7-11/h2-7,9-10H,1,8H2. The van der Waals surface area contributed by atoms with Crippen molar-refractivity contribution in [3.63, 3.8) is 0 Å². The van der Waals surface area contributed by atoms with Crippen LogP contribution in [0.4, 0.5) is 0 Å². The van der Waals surface area contributed by atoms with E-state index in [2.05, 4.69) is 11.7 Å². The summed E-state index contributed by atoms with van der Waals surface area (Å²) in [5, 5.41) is 4.17. The minimum atomic E-state index is 0.595. The first kappa shape index (κ1) is 10.4. The topological polar surface area (TPSA) is 34.9 Å². The van der Waals surface area contributed by atoms with Crippen LogP contribution in [0.25, 0.3) is 11.3 Å². The van der Waals surface area contributed by atoms with E-state index >= 15 is 0 Å². The van der Waals surface area contributed by atoms with Gasteiger partial charge >= 0.3 is 0 Å². The Kier molecular flexibility index (Phi) is 2.96. The number of carbonyl (C=O) groups excluding carboxylic acids is 1. The Morgan fingerprint density at radius 2 is 2.06 bits per heavy atom. The molecule has 0 saturated carbocycles. The minimum absolute atomic E-state index is 0.595. The van der Waals surface area contributed by atoms with E-state index in [0.717, 1.165) is 17.5 Å². The molecular formula is C13H12N2O. The van der Waals surface area contributed by atoms with Crippen molar-refractivity contribution in [1.82, 2.24) is 9.78 Å². The molecule has 0 fully saturated rings. The van der Waals surface area contributed by atoms with Crippen LogP contribution in [0.2, 0.25) is 0 Å². The average molecular weight is 212 g/mol. The van der Waals surface area contributed by atoms with Gasteiger partial charge in [-0.05, 0) is 0 Å². The Morgan fingerprint density at radius 3 is 2.69 bits per heavy atom. The van der Waals surface area contributed by atoms with Gasteiger partial charge in [0.25, 0.3) is 0 Å². The fourth-order valence-electron chi connectivity index (χ4n) is 1.66. The van der Waals surface area contributed by atoms with Crippen molar-refractivity contribution in [2.75, 3.05) is 0 Å². The maximum Gasteiger partial charge on any atom is 0.153 e. The molecule has 0 unspecified atom stereocenters. The van der Waals surface area contributed by atoms with Gasteiger partial charge in [-0.2, -0.15) is 5.10 Å². The summed E-state index contributed by atoms with van der Waals surface area (Å²) in [6, 6.07) is 9.75. The van der Waals surface area contributed by atoms with Gasteiger partial charge in [0.05, 0.1) is 24.0 Å². The number of nitrogens with zero attached hydrogens (tertiary/aromatic N) is 2. The number of rotatable bonds is 4. The molecular weight excluding hydrogens is 200 g/mol. The fraction of sp³-hybridized carbons (Fsp3) is 0.0769. The molecule has 0 aliphatic heterocycles. The molecule has 80 valence electrons. The lowest BCUT2D eigenvalue weighted by molar-refractivity contribution is 0.112. The van der Waals surface area contributed by atoms with Crippen molar-refractivity contribution in [3.8, 4) is 11.3 Å². The Labute approximate surface area is 94.0 Å². The molecule has 2 rings (SSSR count). The van der Waals surface area contributed by atoms with Crippen LogP contribution in [0.15, 0.2) is 49.2 Å². The van der Waals surface area contributed by atoms with Crippen molar-refractivity contribution in [2.45, 2.75) is 6.54 Å². The van der Waals surface area contributed by atoms with E-state index in [9.17, 15) is 4.79 Å². The molecule has 3 nitrogen and oxygen atoms in total. The lowest BCUT2D eigenvalue weighted by Gasteiger charge is -2.05. The van der Waals surface area contributed by atoms with E-state index in [0.29, 0.717) is 12.1 Å². The van der Waals surface area contributed by atoms with Crippen molar-refractivity contribution < 1.29 is 4.79 Å². The van der Waals surface area contributed by atoms with Crippen LogP contribution in [-0.4, -0.2) is 16.1 Å². The third-order valence-corrected chi connectivity index (χ3v) is 2.34. The summed E-state index contributed by atoms with van der Waals surface area (Å²) in [7, 11) is 0. The zero-order valence-electron chi connectivity index (χ0n) is 8.84. The van der Waals surface area contributed by atoms with Gasteiger partial charge in [0.1, 0.15) is 0 Å². The number of aromatic nitrogens is 2. The molecule has 0 amide bonds. The van der Waals surface area contributed by atoms with E-state index in [1.165, 1.54) is 0 Å². The molecule has 16 heavy (non-hydrogen) atoms. The quantitative estimate of drug-likeness (QED) is 0.576. The van der Waals surface area contributed by atoms with E-state index in [-0.39, 0.29) is 0 Å². The van der Waals surface area contributed by atoms with Crippen LogP contribution in [0.5, 0.6) is 0 Å². The van der Waals surface area contributed by atoms with Crippen LogP contribution in [0, 0.1) is 0 Å². The van der Waals surface area contributed by atoms with E-state index in [1.807, 2.05) is 30.3 Å². The van der Waals surface area contributed by atoms with Crippen LogP contribution in [-0.2, 0) is 6.54 Å². The van der Waals surface area contributed by atoms with Crippen molar-refractivity contribution >= 4 is 6.29 Å². The average Bonchev–Trinajstić information content (AvgIpc) is 2.74. The Balaban J connectivity index is 2.56. The molecule has 0 saturated heterocycles. The number of aldehydes is 1. The highest BCUT2D eigenvalue weighted by Gasteiger charge is 2.10. The summed E-state index contributed by atoms with van der Waals surface area (Å²) >= 11 is 0. The predicted octanol–water partition coefficient (Wildman–Crippen LogP) is 2.55. The first-order chi connectivity index (χ1) is 7.86. The van der Waals surface area contributed by atoms with E-state index in [4.69, 9.17) is 0 Å². The summed E-state index contributed by atoms with van der Waals surface area (Å²) in [5.74, 6) is 0. The molecule has 3 heteroatoms. The second kappa shape index (κ2) is 4.57. The van der Waals surface area contributed by atoms with Crippen LogP contribution in [0.1, 0.15) is 10.4 Å². The SMILES string of the molecule is C=CCn1ncc(C=O)c1-c1ccccc1. The van der Waals surface area contributed by atoms with Gasteiger partial charge in [-0.3, -0.25) is 9.48 Å². The van der Waals surface area contributed by atoms with Gasteiger partial charge in [0.15, 0.2) is 6.29 Å². The van der Waals surface area contributed by atoms with Crippen LogP contribution in [0.3, 0.4) is 0 Å². The second-order valence-corrected chi connectivity index (χ2v) is 3.40. The van der Waals surface area contributed by atoms with Crippen LogP contribution < -0.4 is 0 Å². The molecule has 0 radical (unpaired) electrons. The fourth-order valence-corrected chi connectivity index (χ4v) is 1.66. The highest BCUT2D eigenvalue weighted by molar-refractivity contribution is 5.85. The maximum absolute atomic E-state index is 10.9. The molecule has 1 aromatic heterocycles. The molecule has 1 heterocycles. The third-order valence-electron chi connectivity index (χ3n) is 2.34. The largest absolute Gasteiger partial charge is 0.298 e. The Bertz CT molecular complexity index is 500. The summed E-state index contributed by atoms with van der Waals surface area (Å²) < 4.78 is 1.77. The predicted molar refractivity (Wildman–Crippen MR) is 63.2 cm³/mol. The highest BCUT2D eigenvalue weighted by atomic mass is 16.1. The molecule has 1 aromatic carbocycles. The third kappa shape index (κ3) is 1.80. The summed E-state index contributed by atoms with van der Waals surface area (Å²) in [6.45, 7) is 4.27. The number of benzene rings is 1. The highest BCUT2D eigenvalue weighted by Crippen LogP contribution is 2.22. The second-order valence-electron chi connectivity index (χ2n) is 3.40. The lowest BCUT2D eigenvalue weighted by Crippen LogP contribution is -2.00. The van der Waals surface area contributed by atoms with E-state index < -0.39 is 0 Å². The Hall–Kier alpha value is -2.16. The summed E-state index contributed by atoms with van der Waals surface area (Å²) in [4.78, 5) is 10.9. The zero-order chi connectivity index (χ0) is 11.4. The monoisotopic (exact) mass is 212 g/mol. The maximum atomic E-state index is 10.9. The molecule has 2 aromatic rings. The van der Waals surface area contributed by atoms with Gasteiger partial charge in [-0.15, -0.1) is 6.58 Å². The summed E-state index contributed by atoms with van der Waals surface area (Å²) in [5.41, 5.74) is 2.44. The van der Waals surface area contributed by atoms with Gasteiger partial charge in [0.2, 0.25) is 0 Å². The smallest absolute Gasteiger partial charge is 0.153 e. The van der Waals surface area contributed by atoms with Crippen LogP contribution >= 0.6 is 0 Å². The normalized spacial score (nSPS) is 10.0. The first-order valence-electron chi connectivity index (χ1n) is 5.04.